The van der Waals surface area contributed by atoms with Crippen LogP contribution in [0.5, 0.6) is 0 Å². The van der Waals surface area contributed by atoms with Crippen LogP contribution in [-0.2, 0) is 14.8 Å². The van der Waals surface area contributed by atoms with Crippen LogP contribution in [0.4, 0.5) is 0 Å². The van der Waals surface area contributed by atoms with Gasteiger partial charge in [-0.1, -0.05) is 36.2 Å². The molecule has 0 atom stereocenters. The summed E-state index contributed by atoms with van der Waals surface area (Å²) in [7, 11) is -3.90. The molecule has 1 N–H and O–H groups in total. The molecule has 0 aliphatic carbocycles. The van der Waals surface area contributed by atoms with Crippen molar-refractivity contribution >= 4 is 39.2 Å². The second-order valence-corrected chi connectivity index (χ2v) is 6.38. The first kappa shape index (κ1) is 16.2. The molecule has 106 valence electrons. The normalized spacial score (nSPS) is 11.8. The SMILES string of the molecule is CCN(CCC(=O)O)S(=O)(=O)c1c(Cl)cccc1Cl. The van der Waals surface area contributed by atoms with Gasteiger partial charge in [0, 0.05) is 13.1 Å². The fraction of sp³-hybridized carbons (Fsp3) is 0.364. The molecule has 0 aliphatic rings. The first-order chi connectivity index (χ1) is 8.80. The van der Waals surface area contributed by atoms with E-state index in [2.05, 4.69) is 0 Å². The summed E-state index contributed by atoms with van der Waals surface area (Å²) in [6.07, 6.45) is -0.283. The van der Waals surface area contributed by atoms with E-state index in [0.717, 1.165) is 4.31 Å². The predicted octanol–water partition coefficient (Wildman–Crippen LogP) is 2.48. The summed E-state index contributed by atoms with van der Waals surface area (Å²) in [5, 5.41) is 8.66. The fourth-order valence-corrected chi connectivity index (χ4v) is 4.07. The van der Waals surface area contributed by atoms with Crippen LogP contribution in [0.15, 0.2) is 23.1 Å². The molecule has 1 aromatic rings. The van der Waals surface area contributed by atoms with Crippen molar-refractivity contribution in [3.8, 4) is 0 Å². The highest BCUT2D eigenvalue weighted by Gasteiger charge is 2.28. The molecule has 0 spiro atoms. The predicted molar refractivity (Wildman–Crippen MR) is 73.1 cm³/mol. The van der Waals surface area contributed by atoms with Gasteiger partial charge in [0.05, 0.1) is 16.5 Å². The number of sulfonamides is 1. The summed E-state index contributed by atoms with van der Waals surface area (Å²) in [6.45, 7) is 1.62. The van der Waals surface area contributed by atoms with Gasteiger partial charge in [0.1, 0.15) is 4.90 Å². The third-order valence-corrected chi connectivity index (χ3v) is 5.37. The molecule has 8 heteroatoms. The number of hydrogen-bond donors (Lipinski definition) is 1. The Kier molecular flexibility index (Phi) is 5.61. The van der Waals surface area contributed by atoms with Gasteiger partial charge in [-0.3, -0.25) is 4.79 Å². The summed E-state index contributed by atoms with van der Waals surface area (Å²) < 4.78 is 25.8. The summed E-state index contributed by atoms with van der Waals surface area (Å²) in [4.78, 5) is 10.4. The number of halogens is 2. The molecule has 0 heterocycles. The first-order valence-corrected chi connectivity index (χ1v) is 7.66. The molecule has 5 nitrogen and oxygen atoms in total. The van der Waals surface area contributed by atoms with Crippen molar-refractivity contribution in [2.75, 3.05) is 13.1 Å². The molecule has 0 bridgehead atoms. The van der Waals surface area contributed by atoms with Crippen LogP contribution in [0.3, 0.4) is 0 Å². The lowest BCUT2D eigenvalue weighted by Crippen LogP contribution is -2.33. The third kappa shape index (κ3) is 3.82. The maximum Gasteiger partial charge on any atom is 0.304 e. The van der Waals surface area contributed by atoms with Gasteiger partial charge in [0.2, 0.25) is 10.0 Å². The minimum atomic E-state index is -3.90. The summed E-state index contributed by atoms with van der Waals surface area (Å²) >= 11 is 11.7. The van der Waals surface area contributed by atoms with Gasteiger partial charge < -0.3 is 5.11 Å². The van der Waals surface area contributed by atoms with Crippen molar-refractivity contribution in [3.63, 3.8) is 0 Å². The van der Waals surface area contributed by atoms with Crippen LogP contribution < -0.4 is 0 Å². The summed E-state index contributed by atoms with van der Waals surface area (Å²) in [5.41, 5.74) is 0. The van der Waals surface area contributed by atoms with E-state index in [-0.39, 0.29) is 34.5 Å². The Morgan fingerprint density at radius 3 is 2.26 bits per heavy atom. The average Bonchev–Trinajstić information content (AvgIpc) is 2.28. The van der Waals surface area contributed by atoms with Gasteiger partial charge in [-0.15, -0.1) is 0 Å². The van der Waals surface area contributed by atoms with Crippen LogP contribution in [-0.4, -0.2) is 36.9 Å². The second-order valence-electron chi connectivity index (χ2n) is 3.69. The fourth-order valence-electron chi connectivity index (χ4n) is 1.53. The minimum Gasteiger partial charge on any atom is -0.481 e. The van der Waals surface area contributed by atoms with E-state index >= 15 is 0 Å². The van der Waals surface area contributed by atoms with E-state index in [1.54, 1.807) is 6.92 Å². The lowest BCUT2D eigenvalue weighted by atomic mass is 10.4. The molecule has 1 rings (SSSR count). The van der Waals surface area contributed by atoms with Crippen molar-refractivity contribution in [1.29, 1.82) is 0 Å². The van der Waals surface area contributed by atoms with E-state index in [9.17, 15) is 13.2 Å². The van der Waals surface area contributed by atoms with Gasteiger partial charge in [0.25, 0.3) is 0 Å². The maximum absolute atomic E-state index is 12.4. The lowest BCUT2D eigenvalue weighted by Gasteiger charge is -2.20. The molecule has 0 saturated heterocycles. The van der Waals surface area contributed by atoms with Gasteiger partial charge in [-0.25, -0.2) is 8.42 Å². The average molecular weight is 326 g/mol. The zero-order valence-corrected chi connectivity index (χ0v) is 12.5. The van der Waals surface area contributed by atoms with Gasteiger partial charge in [0.15, 0.2) is 0 Å². The Hall–Kier alpha value is -0.820. The molecule has 0 unspecified atom stereocenters. The van der Waals surface area contributed by atoms with E-state index in [1.165, 1.54) is 18.2 Å². The molecule has 0 aromatic heterocycles. The number of carboxylic acids is 1. The van der Waals surface area contributed by atoms with Gasteiger partial charge in [-0.2, -0.15) is 4.31 Å². The lowest BCUT2D eigenvalue weighted by molar-refractivity contribution is -0.137. The minimum absolute atomic E-state index is 0.0151. The Bertz CT molecular complexity index is 554. The number of nitrogens with zero attached hydrogens (tertiary/aromatic N) is 1. The number of rotatable bonds is 6. The summed E-state index contributed by atoms with van der Waals surface area (Å²) in [6, 6.07) is 4.38. The van der Waals surface area contributed by atoms with E-state index in [4.69, 9.17) is 28.3 Å². The molecule has 19 heavy (non-hydrogen) atoms. The smallest absolute Gasteiger partial charge is 0.304 e. The van der Waals surface area contributed by atoms with Crippen LogP contribution in [0.2, 0.25) is 10.0 Å². The second kappa shape index (κ2) is 6.56. The quantitative estimate of drug-likeness (QED) is 0.871. The Morgan fingerprint density at radius 1 is 1.32 bits per heavy atom. The van der Waals surface area contributed by atoms with Crippen molar-refractivity contribution in [3.05, 3.63) is 28.2 Å². The zero-order valence-electron chi connectivity index (χ0n) is 10.1. The topological polar surface area (TPSA) is 74.7 Å². The highest BCUT2D eigenvalue weighted by Crippen LogP contribution is 2.31. The highest BCUT2D eigenvalue weighted by atomic mass is 35.5. The van der Waals surface area contributed by atoms with Crippen molar-refractivity contribution in [1.82, 2.24) is 4.31 Å². The van der Waals surface area contributed by atoms with Crippen molar-refractivity contribution in [2.45, 2.75) is 18.2 Å². The number of carbonyl (C=O) groups is 1. The molecule has 0 amide bonds. The maximum atomic E-state index is 12.4. The molecular formula is C11H13Cl2NO4S. The van der Waals surface area contributed by atoms with Crippen LogP contribution >= 0.6 is 23.2 Å². The van der Waals surface area contributed by atoms with Crippen LogP contribution in [0, 0.1) is 0 Å². The van der Waals surface area contributed by atoms with Crippen molar-refractivity contribution in [2.24, 2.45) is 0 Å². The van der Waals surface area contributed by atoms with Gasteiger partial charge in [-0.05, 0) is 12.1 Å². The van der Waals surface area contributed by atoms with E-state index < -0.39 is 16.0 Å². The number of benzene rings is 1. The molecular weight excluding hydrogens is 313 g/mol. The molecule has 1 aromatic carbocycles. The largest absolute Gasteiger partial charge is 0.481 e. The van der Waals surface area contributed by atoms with E-state index in [0.29, 0.717) is 0 Å². The monoisotopic (exact) mass is 325 g/mol. The molecule has 0 aliphatic heterocycles. The molecule has 0 saturated carbocycles. The van der Waals surface area contributed by atoms with Crippen molar-refractivity contribution < 1.29 is 18.3 Å². The Balaban J connectivity index is 3.17. The highest BCUT2D eigenvalue weighted by molar-refractivity contribution is 7.89. The Morgan fingerprint density at radius 2 is 1.84 bits per heavy atom. The van der Waals surface area contributed by atoms with E-state index in [1.807, 2.05) is 0 Å². The molecule has 0 radical (unpaired) electrons. The Labute approximate surface area is 121 Å². The van der Waals surface area contributed by atoms with Crippen LogP contribution in [0.1, 0.15) is 13.3 Å². The third-order valence-electron chi connectivity index (χ3n) is 2.44. The van der Waals surface area contributed by atoms with Crippen LogP contribution in [0.25, 0.3) is 0 Å². The number of hydrogen-bond acceptors (Lipinski definition) is 3. The van der Waals surface area contributed by atoms with Gasteiger partial charge >= 0.3 is 5.97 Å². The first-order valence-electron chi connectivity index (χ1n) is 5.46. The standard InChI is InChI=1S/C11H13Cl2NO4S/c1-2-14(7-6-10(15)16)19(17,18)11-8(12)4-3-5-9(11)13/h3-5H,2,6-7H2,1H3,(H,15,16). The number of carboxylic acid groups (broad SMARTS) is 1. The number of aliphatic carboxylic acids is 1. The zero-order chi connectivity index (χ0) is 14.6. The summed E-state index contributed by atoms with van der Waals surface area (Å²) in [5.74, 6) is -1.07. The molecule has 0 fully saturated rings.